The van der Waals surface area contributed by atoms with Gasteiger partial charge in [0.2, 0.25) is 0 Å². The third-order valence-corrected chi connectivity index (χ3v) is 2.90. The van der Waals surface area contributed by atoms with E-state index in [2.05, 4.69) is 0 Å². The van der Waals surface area contributed by atoms with Gasteiger partial charge in [0.05, 0.1) is 17.8 Å². The monoisotopic (exact) mass is 281 g/mol. The highest BCUT2D eigenvalue weighted by atomic mass is 35.5. The van der Waals surface area contributed by atoms with E-state index < -0.39 is 5.82 Å². The Labute approximate surface area is 115 Å². The van der Waals surface area contributed by atoms with Gasteiger partial charge in [-0.05, 0) is 24.6 Å². The summed E-state index contributed by atoms with van der Waals surface area (Å²) in [5.74, 6) is 0.281. The fourth-order valence-electron chi connectivity index (χ4n) is 1.60. The van der Waals surface area contributed by atoms with Crippen molar-refractivity contribution in [2.24, 2.45) is 0 Å². The number of rotatable bonds is 3. The number of benzene rings is 2. The van der Waals surface area contributed by atoms with E-state index in [9.17, 15) is 4.39 Å². The molecule has 0 amide bonds. The van der Waals surface area contributed by atoms with Gasteiger partial charge in [-0.2, -0.15) is 0 Å². The Balaban J connectivity index is 2.40. The Hall–Kier alpha value is -1.94. The van der Waals surface area contributed by atoms with Crippen molar-refractivity contribution in [2.45, 2.75) is 6.92 Å². The number of nitrogens with two attached hydrogens (primary N) is 1. The summed E-state index contributed by atoms with van der Waals surface area (Å²) >= 11 is 6.03. The molecule has 2 N–H and O–H groups in total. The zero-order valence-electron chi connectivity index (χ0n) is 10.5. The highest BCUT2D eigenvalue weighted by molar-refractivity contribution is 6.32. The molecule has 0 aliphatic heterocycles. The molecule has 2 rings (SSSR count). The molecule has 0 heterocycles. The highest BCUT2D eigenvalue weighted by Gasteiger charge is 2.11. The molecule has 3 nitrogen and oxygen atoms in total. The van der Waals surface area contributed by atoms with Crippen molar-refractivity contribution in [2.75, 3.05) is 12.8 Å². The molecule has 0 saturated carbocycles. The molecule has 0 spiro atoms. The van der Waals surface area contributed by atoms with Crippen LogP contribution in [0.3, 0.4) is 0 Å². The summed E-state index contributed by atoms with van der Waals surface area (Å²) in [6.07, 6.45) is 0. The predicted octanol–water partition coefficient (Wildman–Crippen LogP) is 4.17. The van der Waals surface area contributed by atoms with E-state index in [0.29, 0.717) is 16.5 Å². The van der Waals surface area contributed by atoms with E-state index in [0.717, 1.165) is 11.6 Å². The number of methoxy groups -OCH3 is 1. The van der Waals surface area contributed by atoms with Gasteiger partial charge in [0.1, 0.15) is 5.75 Å². The molecule has 0 bridgehead atoms. The maximum atomic E-state index is 13.4. The van der Waals surface area contributed by atoms with Crippen LogP contribution in [0.1, 0.15) is 5.56 Å². The summed E-state index contributed by atoms with van der Waals surface area (Å²) in [5, 5.41) is 0.452. The van der Waals surface area contributed by atoms with Crippen LogP contribution in [0.5, 0.6) is 17.2 Å². The number of hydrogen-bond acceptors (Lipinski definition) is 3. The summed E-state index contributed by atoms with van der Waals surface area (Å²) in [7, 11) is 1.37. The van der Waals surface area contributed by atoms with Crippen LogP contribution < -0.4 is 15.2 Å². The van der Waals surface area contributed by atoms with Gasteiger partial charge >= 0.3 is 0 Å². The summed E-state index contributed by atoms with van der Waals surface area (Å²) < 4.78 is 23.9. The Morgan fingerprint density at radius 2 is 1.84 bits per heavy atom. The van der Waals surface area contributed by atoms with Crippen molar-refractivity contribution in [3.05, 3.63) is 46.7 Å². The summed E-state index contributed by atoms with van der Waals surface area (Å²) in [4.78, 5) is 0. The van der Waals surface area contributed by atoms with Gasteiger partial charge in [0.25, 0.3) is 0 Å². The van der Waals surface area contributed by atoms with Gasteiger partial charge in [0.15, 0.2) is 17.3 Å². The zero-order valence-corrected chi connectivity index (χ0v) is 11.3. The van der Waals surface area contributed by atoms with E-state index in [1.807, 2.05) is 13.0 Å². The molecule has 19 heavy (non-hydrogen) atoms. The fourth-order valence-corrected chi connectivity index (χ4v) is 1.76. The predicted molar refractivity (Wildman–Crippen MR) is 73.6 cm³/mol. The molecule has 2 aromatic carbocycles. The normalized spacial score (nSPS) is 10.3. The second-order valence-corrected chi connectivity index (χ2v) is 4.47. The lowest BCUT2D eigenvalue weighted by molar-refractivity contribution is 0.382. The van der Waals surface area contributed by atoms with E-state index in [1.54, 1.807) is 12.1 Å². The van der Waals surface area contributed by atoms with Crippen LogP contribution in [0.25, 0.3) is 0 Å². The Morgan fingerprint density at radius 3 is 2.53 bits per heavy atom. The number of nitrogen functional groups attached to an aromatic ring is 1. The molecule has 0 unspecified atom stereocenters. The topological polar surface area (TPSA) is 44.5 Å². The van der Waals surface area contributed by atoms with Crippen LogP contribution in [0.15, 0.2) is 30.3 Å². The summed E-state index contributed by atoms with van der Waals surface area (Å²) in [6.45, 7) is 1.91. The fraction of sp³-hybridized carbons (Fsp3) is 0.143. The van der Waals surface area contributed by atoms with Crippen LogP contribution in [0, 0.1) is 12.7 Å². The SMILES string of the molecule is COc1cc(Oc2cc(C)ccc2Cl)c(N)cc1F. The minimum atomic E-state index is -0.539. The maximum Gasteiger partial charge on any atom is 0.167 e. The van der Waals surface area contributed by atoms with Crippen molar-refractivity contribution in [1.82, 2.24) is 0 Å². The van der Waals surface area contributed by atoms with E-state index >= 15 is 0 Å². The van der Waals surface area contributed by atoms with E-state index in [4.69, 9.17) is 26.8 Å². The molecule has 0 radical (unpaired) electrons. The molecule has 100 valence electrons. The van der Waals surface area contributed by atoms with Gasteiger partial charge in [0, 0.05) is 12.1 Å². The second-order valence-electron chi connectivity index (χ2n) is 4.06. The average molecular weight is 282 g/mol. The first-order valence-electron chi connectivity index (χ1n) is 5.58. The highest BCUT2D eigenvalue weighted by Crippen LogP contribution is 2.36. The molecule has 0 saturated heterocycles. The minimum absolute atomic E-state index is 0.0629. The van der Waals surface area contributed by atoms with Gasteiger partial charge < -0.3 is 15.2 Å². The number of halogens is 2. The number of anilines is 1. The van der Waals surface area contributed by atoms with Crippen LogP contribution in [-0.2, 0) is 0 Å². The molecule has 0 aliphatic rings. The first-order valence-corrected chi connectivity index (χ1v) is 5.96. The van der Waals surface area contributed by atoms with E-state index in [1.165, 1.54) is 13.2 Å². The molecule has 2 aromatic rings. The Bertz CT molecular complexity index is 617. The van der Waals surface area contributed by atoms with Crippen LogP contribution in [0.2, 0.25) is 5.02 Å². The van der Waals surface area contributed by atoms with Crippen molar-refractivity contribution >= 4 is 17.3 Å². The van der Waals surface area contributed by atoms with Crippen molar-refractivity contribution in [1.29, 1.82) is 0 Å². The third kappa shape index (κ3) is 2.90. The standard InChI is InChI=1S/C14H13ClFNO2/c1-8-3-4-9(15)12(5-8)19-14-7-13(18-2)10(16)6-11(14)17/h3-7H,17H2,1-2H3. The molecular formula is C14H13ClFNO2. The lowest BCUT2D eigenvalue weighted by Crippen LogP contribution is -1.96. The van der Waals surface area contributed by atoms with Crippen molar-refractivity contribution in [3.8, 4) is 17.2 Å². The minimum Gasteiger partial charge on any atom is -0.494 e. The molecule has 5 heteroatoms. The van der Waals surface area contributed by atoms with Crippen LogP contribution in [-0.4, -0.2) is 7.11 Å². The van der Waals surface area contributed by atoms with Crippen molar-refractivity contribution in [3.63, 3.8) is 0 Å². The Morgan fingerprint density at radius 1 is 1.11 bits per heavy atom. The van der Waals surface area contributed by atoms with Gasteiger partial charge in [-0.3, -0.25) is 0 Å². The largest absolute Gasteiger partial charge is 0.494 e. The number of hydrogen-bond donors (Lipinski definition) is 1. The van der Waals surface area contributed by atoms with Crippen LogP contribution in [0.4, 0.5) is 10.1 Å². The number of ether oxygens (including phenoxy) is 2. The first kappa shape index (κ1) is 13.5. The molecular weight excluding hydrogens is 269 g/mol. The molecule has 0 aliphatic carbocycles. The third-order valence-electron chi connectivity index (χ3n) is 2.59. The summed E-state index contributed by atoms with van der Waals surface area (Å²) in [6, 6.07) is 7.91. The smallest absolute Gasteiger partial charge is 0.167 e. The number of aryl methyl sites for hydroxylation is 1. The summed E-state index contributed by atoms with van der Waals surface area (Å²) in [5.41, 5.74) is 6.89. The van der Waals surface area contributed by atoms with Gasteiger partial charge in [-0.15, -0.1) is 0 Å². The van der Waals surface area contributed by atoms with Gasteiger partial charge in [-0.1, -0.05) is 17.7 Å². The maximum absolute atomic E-state index is 13.4. The quantitative estimate of drug-likeness (QED) is 0.859. The van der Waals surface area contributed by atoms with Gasteiger partial charge in [-0.25, -0.2) is 4.39 Å². The zero-order chi connectivity index (χ0) is 14.0. The second kappa shape index (κ2) is 5.36. The lowest BCUT2D eigenvalue weighted by Gasteiger charge is -2.12. The molecule has 0 aromatic heterocycles. The lowest BCUT2D eigenvalue weighted by atomic mass is 10.2. The molecule has 0 fully saturated rings. The van der Waals surface area contributed by atoms with Crippen molar-refractivity contribution < 1.29 is 13.9 Å². The average Bonchev–Trinajstić information content (AvgIpc) is 2.37. The Kier molecular flexibility index (Phi) is 3.81. The van der Waals surface area contributed by atoms with E-state index in [-0.39, 0.29) is 11.4 Å². The first-order chi connectivity index (χ1) is 9.01. The van der Waals surface area contributed by atoms with Crippen LogP contribution >= 0.6 is 11.6 Å². The molecule has 0 atom stereocenters.